The molecular weight excluding hydrogens is 785 g/mol. The van der Waals surface area contributed by atoms with Gasteiger partial charge in [0.15, 0.2) is 38.3 Å². The van der Waals surface area contributed by atoms with E-state index in [4.69, 9.17) is 30.4 Å². The number of para-hydroxylation sites is 1. The number of carbonyl (C=O) groups excluding carboxylic acids is 4. The molecule has 6 aromatic rings. The Bertz CT molecular complexity index is 2440. The minimum absolute atomic E-state index is 0.0497. The molecule has 61 heavy (non-hydrogen) atoms. The van der Waals surface area contributed by atoms with Gasteiger partial charge in [0.1, 0.15) is 0 Å². The van der Waals surface area contributed by atoms with E-state index in [1.165, 1.54) is 13.8 Å². The Morgan fingerprint density at radius 2 is 0.836 bits per heavy atom. The van der Waals surface area contributed by atoms with Crippen molar-refractivity contribution in [3.63, 3.8) is 0 Å². The van der Waals surface area contributed by atoms with Crippen molar-refractivity contribution in [2.45, 2.75) is 47.8 Å². The predicted molar refractivity (Wildman–Crippen MR) is 224 cm³/mol. The fourth-order valence-corrected chi connectivity index (χ4v) is 5.17. The van der Waals surface area contributed by atoms with Crippen LogP contribution in [0.25, 0.3) is 0 Å². The molecule has 0 saturated carbocycles. The summed E-state index contributed by atoms with van der Waals surface area (Å²) in [5, 5.41) is 0. The first-order valence-corrected chi connectivity index (χ1v) is 18.7. The third-order valence-electron chi connectivity index (χ3n) is 8.30. The fourth-order valence-electron chi connectivity index (χ4n) is 5.17. The van der Waals surface area contributed by atoms with E-state index in [2.05, 4.69) is 29.9 Å². The zero-order valence-corrected chi connectivity index (χ0v) is 34.1. The molecule has 0 aliphatic rings. The van der Waals surface area contributed by atoms with E-state index in [-0.39, 0.29) is 62.1 Å². The summed E-state index contributed by atoms with van der Waals surface area (Å²) in [6, 6.07) is 30.6. The molecule has 0 radical (unpaired) electrons. The molecular formula is C43H44N10O8. The number of aryl methyl sites for hydroxylation is 3. The molecule has 0 fully saturated rings. The number of esters is 4. The molecule has 2 heterocycles. The zero-order valence-electron chi connectivity index (χ0n) is 34.1. The number of nitrogens with two attached hydrogens (primary N) is 2. The second-order valence-electron chi connectivity index (χ2n) is 13.3. The average Bonchev–Trinajstić information content (AvgIpc) is 3.23. The maximum Gasteiger partial charge on any atom is 0.338 e. The van der Waals surface area contributed by atoms with E-state index in [0.717, 1.165) is 16.7 Å². The van der Waals surface area contributed by atoms with Crippen molar-refractivity contribution in [3.8, 4) is 0 Å². The smallest absolute Gasteiger partial charge is 0.338 e. The molecule has 0 aliphatic carbocycles. The van der Waals surface area contributed by atoms with Crippen molar-refractivity contribution in [3.05, 3.63) is 143 Å². The minimum Gasteiger partial charge on any atom is -0.454 e. The standard InChI is InChI=1S/C22H23N5O4.C21H21N5O4/c1-14-4-8-17(9-5-14)20(29)30-12-19-24-21(23)26-22(25-19)27(13-31-16(3)28)18-10-6-15(2)7-11-18;1-14-8-10-16(11-9-14)19(28)29-12-18-23-20(22)25-21(24-18)26(13-30-15(2)27)17-6-4-3-5-7-17/h4-11H,12-13H2,1-3H3,(H2,23,24,25,26);3-11H,12-13H2,1-2H3,(H2,22,23,24,25). The van der Waals surface area contributed by atoms with Gasteiger partial charge in [-0.15, -0.1) is 0 Å². The van der Waals surface area contributed by atoms with Crippen LogP contribution in [-0.2, 0) is 41.8 Å². The molecule has 18 nitrogen and oxygen atoms in total. The molecule has 0 saturated heterocycles. The Hall–Kier alpha value is -8.02. The Morgan fingerprint density at radius 1 is 0.475 bits per heavy atom. The summed E-state index contributed by atoms with van der Waals surface area (Å²) in [6.07, 6.45) is 0. The molecule has 0 atom stereocenters. The van der Waals surface area contributed by atoms with Gasteiger partial charge in [-0.05, 0) is 69.3 Å². The first-order valence-electron chi connectivity index (χ1n) is 18.7. The van der Waals surface area contributed by atoms with Gasteiger partial charge in [-0.2, -0.15) is 29.9 Å². The molecule has 314 valence electrons. The maximum atomic E-state index is 12.3. The van der Waals surface area contributed by atoms with Crippen molar-refractivity contribution in [2.75, 3.05) is 34.7 Å². The van der Waals surface area contributed by atoms with Gasteiger partial charge in [0, 0.05) is 25.2 Å². The highest BCUT2D eigenvalue weighted by molar-refractivity contribution is 5.89. The van der Waals surface area contributed by atoms with E-state index in [1.807, 2.05) is 87.5 Å². The largest absolute Gasteiger partial charge is 0.454 e. The average molecular weight is 829 g/mol. The third-order valence-corrected chi connectivity index (χ3v) is 8.30. The summed E-state index contributed by atoms with van der Waals surface area (Å²) < 4.78 is 20.9. The lowest BCUT2D eigenvalue weighted by Crippen LogP contribution is -2.25. The van der Waals surface area contributed by atoms with Crippen molar-refractivity contribution in [1.29, 1.82) is 0 Å². The van der Waals surface area contributed by atoms with Gasteiger partial charge in [0.05, 0.1) is 11.1 Å². The summed E-state index contributed by atoms with van der Waals surface area (Å²) in [5.41, 5.74) is 17.0. The second-order valence-corrected chi connectivity index (χ2v) is 13.3. The third kappa shape index (κ3) is 13.5. The molecule has 0 bridgehead atoms. The number of nitrogen functional groups attached to an aromatic ring is 2. The molecule has 18 heteroatoms. The number of nitrogens with zero attached hydrogens (tertiary/aromatic N) is 8. The summed E-state index contributed by atoms with van der Waals surface area (Å²) in [7, 11) is 0. The highest BCUT2D eigenvalue weighted by atomic mass is 16.6. The number of benzene rings is 4. The lowest BCUT2D eigenvalue weighted by Gasteiger charge is -2.22. The molecule has 2 aromatic heterocycles. The van der Waals surface area contributed by atoms with Gasteiger partial charge in [-0.3, -0.25) is 19.4 Å². The van der Waals surface area contributed by atoms with Crippen LogP contribution in [0.1, 0.15) is 62.9 Å². The Kier molecular flexibility index (Phi) is 15.3. The Morgan fingerprint density at radius 3 is 1.21 bits per heavy atom. The van der Waals surface area contributed by atoms with Crippen molar-refractivity contribution in [1.82, 2.24) is 29.9 Å². The van der Waals surface area contributed by atoms with Crippen LogP contribution in [0.15, 0.2) is 103 Å². The van der Waals surface area contributed by atoms with Crippen LogP contribution >= 0.6 is 0 Å². The first kappa shape index (κ1) is 44.1. The number of anilines is 6. The minimum atomic E-state index is -0.504. The maximum absolute atomic E-state index is 12.3. The fraction of sp³-hybridized carbons (Fsp3) is 0.209. The number of hydrogen-bond acceptors (Lipinski definition) is 18. The quantitative estimate of drug-likeness (QED) is 0.0741. The van der Waals surface area contributed by atoms with Crippen molar-refractivity contribution >= 4 is 59.0 Å². The van der Waals surface area contributed by atoms with Crippen LogP contribution in [-0.4, -0.2) is 67.2 Å². The molecule has 0 amide bonds. The number of rotatable bonds is 14. The van der Waals surface area contributed by atoms with Gasteiger partial charge in [0.25, 0.3) is 0 Å². The van der Waals surface area contributed by atoms with Crippen LogP contribution in [0.5, 0.6) is 0 Å². The van der Waals surface area contributed by atoms with E-state index >= 15 is 0 Å². The molecule has 0 aliphatic heterocycles. The topological polar surface area (TPSA) is 241 Å². The van der Waals surface area contributed by atoms with Crippen LogP contribution in [0.4, 0.5) is 35.2 Å². The van der Waals surface area contributed by atoms with Crippen molar-refractivity contribution < 1.29 is 38.1 Å². The van der Waals surface area contributed by atoms with Gasteiger partial charge in [-0.1, -0.05) is 71.3 Å². The van der Waals surface area contributed by atoms with E-state index in [1.54, 1.807) is 46.2 Å². The van der Waals surface area contributed by atoms with Crippen LogP contribution in [0.3, 0.4) is 0 Å². The second kappa shape index (κ2) is 21.1. The van der Waals surface area contributed by atoms with Crippen molar-refractivity contribution in [2.24, 2.45) is 0 Å². The molecule has 4 aromatic carbocycles. The van der Waals surface area contributed by atoms with E-state index in [9.17, 15) is 19.2 Å². The Balaban J connectivity index is 0.000000231. The highest BCUT2D eigenvalue weighted by Crippen LogP contribution is 2.24. The summed E-state index contributed by atoms with van der Waals surface area (Å²) >= 11 is 0. The molecule has 0 spiro atoms. The van der Waals surface area contributed by atoms with Crippen LogP contribution < -0.4 is 21.3 Å². The lowest BCUT2D eigenvalue weighted by atomic mass is 10.1. The predicted octanol–water partition coefficient (Wildman–Crippen LogP) is 5.86. The van der Waals surface area contributed by atoms with Gasteiger partial charge < -0.3 is 30.4 Å². The van der Waals surface area contributed by atoms with Crippen LogP contribution in [0, 0.1) is 20.8 Å². The Labute approximate surface area is 351 Å². The normalized spacial score (nSPS) is 10.4. The lowest BCUT2D eigenvalue weighted by molar-refractivity contribution is -0.141. The molecule has 4 N–H and O–H groups in total. The highest BCUT2D eigenvalue weighted by Gasteiger charge is 2.19. The van der Waals surface area contributed by atoms with Gasteiger partial charge >= 0.3 is 23.9 Å². The van der Waals surface area contributed by atoms with Gasteiger partial charge in [-0.25, -0.2) is 9.59 Å². The monoisotopic (exact) mass is 828 g/mol. The number of carbonyl (C=O) groups is 4. The summed E-state index contributed by atoms with van der Waals surface area (Å²) in [6.45, 7) is 7.81. The summed E-state index contributed by atoms with van der Waals surface area (Å²) in [4.78, 5) is 75.3. The van der Waals surface area contributed by atoms with Crippen LogP contribution in [0.2, 0.25) is 0 Å². The zero-order chi connectivity index (χ0) is 43.9. The van der Waals surface area contributed by atoms with Gasteiger partial charge in [0.2, 0.25) is 23.8 Å². The number of ether oxygens (including phenoxy) is 4. The summed E-state index contributed by atoms with van der Waals surface area (Å²) in [5.74, 6) is -1.35. The molecule has 6 rings (SSSR count). The number of hydrogen-bond donors (Lipinski definition) is 2. The van der Waals surface area contributed by atoms with E-state index < -0.39 is 23.9 Å². The number of aromatic nitrogens is 6. The van der Waals surface area contributed by atoms with E-state index in [0.29, 0.717) is 22.5 Å². The first-order chi connectivity index (χ1) is 29.2. The molecule has 0 unspecified atom stereocenters. The SMILES string of the molecule is CC(=O)OCN(c1ccc(C)cc1)c1nc(N)nc(COC(=O)c2ccc(C)cc2)n1.CC(=O)OCN(c1ccccc1)c1nc(N)nc(COC(=O)c2ccc(C)cc2)n1.